The van der Waals surface area contributed by atoms with Gasteiger partial charge in [0.15, 0.2) is 0 Å². The summed E-state index contributed by atoms with van der Waals surface area (Å²) in [6.07, 6.45) is 1.83. The van der Waals surface area contributed by atoms with E-state index < -0.39 is 0 Å². The van der Waals surface area contributed by atoms with E-state index in [2.05, 4.69) is 17.6 Å². The lowest BCUT2D eigenvalue weighted by Gasteiger charge is -2.27. The average Bonchev–Trinajstić information content (AvgIpc) is 2.55. The van der Waals surface area contributed by atoms with Crippen LogP contribution in [0, 0.1) is 5.92 Å². The Hall–Kier alpha value is -1.59. The first-order valence-corrected chi connectivity index (χ1v) is 7.91. The summed E-state index contributed by atoms with van der Waals surface area (Å²) < 4.78 is 10.7. The van der Waals surface area contributed by atoms with Gasteiger partial charge in [-0.25, -0.2) is 0 Å². The number of amides is 1. The number of nitrogens with one attached hydrogen (secondary N) is 2. The molecule has 0 aromatic heterocycles. The van der Waals surface area contributed by atoms with Crippen LogP contribution >= 0.6 is 0 Å². The Bertz CT molecular complexity index is 461. The van der Waals surface area contributed by atoms with Gasteiger partial charge >= 0.3 is 0 Å². The molecule has 1 aromatic carbocycles. The van der Waals surface area contributed by atoms with Crippen molar-refractivity contribution in [2.45, 2.75) is 32.4 Å². The van der Waals surface area contributed by atoms with Crippen LogP contribution in [0.1, 0.15) is 25.3 Å². The summed E-state index contributed by atoms with van der Waals surface area (Å²) in [7, 11) is 1.65. The van der Waals surface area contributed by atoms with E-state index in [0.29, 0.717) is 25.8 Å². The number of carbonyl (C=O) groups is 1. The predicted molar refractivity (Wildman–Crippen MR) is 85.8 cm³/mol. The zero-order chi connectivity index (χ0) is 15.8. The van der Waals surface area contributed by atoms with Crippen LogP contribution in [0.15, 0.2) is 24.3 Å². The SMILES string of the molecule is COc1ccc(COCCNC(=O)[C@H]2CCN[C@@H](C)C2)cc1. The minimum Gasteiger partial charge on any atom is -0.497 e. The molecule has 2 rings (SSSR count). The smallest absolute Gasteiger partial charge is 0.223 e. The van der Waals surface area contributed by atoms with Gasteiger partial charge < -0.3 is 20.1 Å². The molecular formula is C17H26N2O3. The third-order valence-corrected chi connectivity index (χ3v) is 3.97. The van der Waals surface area contributed by atoms with Crippen LogP contribution in [0.2, 0.25) is 0 Å². The molecule has 1 heterocycles. The molecule has 1 fully saturated rings. The quantitative estimate of drug-likeness (QED) is 0.753. The van der Waals surface area contributed by atoms with Crippen LogP contribution in [-0.4, -0.2) is 38.8 Å². The molecule has 1 aliphatic rings. The number of carbonyl (C=O) groups excluding carboxylic acids is 1. The van der Waals surface area contributed by atoms with Crippen LogP contribution < -0.4 is 15.4 Å². The number of hydrogen-bond donors (Lipinski definition) is 2. The van der Waals surface area contributed by atoms with Crippen LogP contribution in [0.25, 0.3) is 0 Å². The largest absolute Gasteiger partial charge is 0.497 e. The Kier molecular flexibility index (Phi) is 6.68. The molecule has 0 saturated carbocycles. The van der Waals surface area contributed by atoms with E-state index in [1.54, 1.807) is 7.11 Å². The molecule has 0 bridgehead atoms. The maximum atomic E-state index is 12.0. The van der Waals surface area contributed by atoms with Crippen molar-refractivity contribution in [2.24, 2.45) is 5.92 Å². The summed E-state index contributed by atoms with van der Waals surface area (Å²) in [4.78, 5) is 12.0. The van der Waals surface area contributed by atoms with E-state index in [1.165, 1.54) is 0 Å². The molecule has 0 aliphatic carbocycles. The molecule has 1 saturated heterocycles. The topological polar surface area (TPSA) is 59.6 Å². The molecule has 5 nitrogen and oxygen atoms in total. The molecule has 0 radical (unpaired) electrons. The third kappa shape index (κ3) is 5.31. The van der Waals surface area contributed by atoms with Gasteiger partial charge in [0.25, 0.3) is 0 Å². The Morgan fingerprint density at radius 2 is 2.14 bits per heavy atom. The van der Waals surface area contributed by atoms with Crippen molar-refractivity contribution in [3.63, 3.8) is 0 Å². The Morgan fingerprint density at radius 1 is 1.36 bits per heavy atom. The molecule has 22 heavy (non-hydrogen) atoms. The lowest BCUT2D eigenvalue weighted by atomic mass is 9.92. The number of benzene rings is 1. The fourth-order valence-corrected chi connectivity index (χ4v) is 2.67. The summed E-state index contributed by atoms with van der Waals surface area (Å²) in [5.74, 6) is 1.13. The second kappa shape index (κ2) is 8.76. The number of methoxy groups -OCH3 is 1. The van der Waals surface area contributed by atoms with Gasteiger partial charge in [-0.15, -0.1) is 0 Å². The number of piperidine rings is 1. The fourth-order valence-electron chi connectivity index (χ4n) is 2.67. The fraction of sp³-hybridized carbons (Fsp3) is 0.588. The monoisotopic (exact) mass is 306 g/mol. The molecule has 1 aromatic rings. The average molecular weight is 306 g/mol. The number of ether oxygens (including phenoxy) is 2. The van der Waals surface area contributed by atoms with Crippen LogP contribution in [0.4, 0.5) is 0 Å². The third-order valence-electron chi connectivity index (χ3n) is 3.97. The van der Waals surface area contributed by atoms with Crippen molar-refractivity contribution < 1.29 is 14.3 Å². The van der Waals surface area contributed by atoms with Gasteiger partial charge in [0.05, 0.1) is 20.3 Å². The zero-order valence-electron chi connectivity index (χ0n) is 13.4. The van der Waals surface area contributed by atoms with E-state index in [-0.39, 0.29) is 11.8 Å². The molecule has 0 spiro atoms. The molecule has 5 heteroatoms. The van der Waals surface area contributed by atoms with Crippen molar-refractivity contribution in [1.29, 1.82) is 0 Å². The van der Waals surface area contributed by atoms with E-state index in [1.807, 2.05) is 24.3 Å². The van der Waals surface area contributed by atoms with E-state index >= 15 is 0 Å². The van der Waals surface area contributed by atoms with Gasteiger partial charge in [0.2, 0.25) is 5.91 Å². The predicted octanol–water partition coefficient (Wildman–Crippen LogP) is 1.72. The standard InChI is InChI=1S/C17H26N2O3/c1-13-11-15(7-8-18-13)17(20)19-9-10-22-12-14-3-5-16(21-2)6-4-14/h3-6,13,15,18H,7-12H2,1-2H3,(H,19,20)/t13-,15-/m0/s1. The summed E-state index contributed by atoms with van der Waals surface area (Å²) in [5.41, 5.74) is 1.10. The van der Waals surface area contributed by atoms with Gasteiger partial charge in [0, 0.05) is 18.5 Å². The summed E-state index contributed by atoms with van der Waals surface area (Å²) in [5, 5.41) is 6.32. The normalized spacial score (nSPS) is 21.4. The highest BCUT2D eigenvalue weighted by Gasteiger charge is 2.24. The van der Waals surface area contributed by atoms with Crippen LogP contribution in [0.3, 0.4) is 0 Å². The molecule has 2 atom stereocenters. The molecule has 1 amide bonds. The van der Waals surface area contributed by atoms with Crippen molar-refractivity contribution in [3.05, 3.63) is 29.8 Å². The first-order valence-electron chi connectivity index (χ1n) is 7.91. The minimum atomic E-state index is 0.137. The minimum absolute atomic E-state index is 0.137. The van der Waals surface area contributed by atoms with Gasteiger partial charge in [-0.3, -0.25) is 4.79 Å². The Balaban J connectivity index is 1.59. The van der Waals surface area contributed by atoms with Gasteiger partial charge in [-0.1, -0.05) is 12.1 Å². The second-order valence-corrected chi connectivity index (χ2v) is 5.77. The van der Waals surface area contributed by atoms with Crippen molar-refractivity contribution >= 4 is 5.91 Å². The molecule has 1 aliphatic heterocycles. The van der Waals surface area contributed by atoms with E-state index in [0.717, 1.165) is 30.7 Å². The van der Waals surface area contributed by atoms with Crippen LogP contribution in [-0.2, 0) is 16.1 Å². The number of rotatable bonds is 7. The summed E-state index contributed by atoms with van der Waals surface area (Å²) in [6, 6.07) is 8.22. The molecule has 2 N–H and O–H groups in total. The lowest BCUT2D eigenvalue weighted by Crippen LogP contribution is -2.43. The van der Waals surface area contributed by atoms with Gasteiger partial charge in [-0.05, 0) is 44.0 Å². The molecular weight excluding hydrogens is 280 g/mol. The van der Waals surface area contributed by atoms with Crippen molar-refractivity contribution in [1.82, 2.24) is 10.6 Å². The van der Waals surface area contributed by atoms with Crippen molar-refractivity contribution in [2.75, 3.05) is 26.8 Å². The lowest BCUT2D eigenvalue weighted by molar-refractivity contribution is -0.126. The first-order chi connectivity index (χ1) is 10.7. The van der Waals surface area contributed by atoms with Gasteiger partial charge in [0.1, 0.15) is 5.75 Å². The highest BCUT2D eigenvalue weighted by molar-refractivity contribution is 5.78. The summed E-state index contributed by atoms with van der Waals surface area (Å²) in [6.45, 7) is 4.68. The first kappa shape index (κ1) is 16.8. The maximum Gasteiger partial charge on any atom is 0.223 e. The van der Waals surface area contributed by atoms with E-state index in [4.69, 9.17) is 9.47 Å². The maximum absolute atomic E-state index is 12.0. The Labute approximate surface area is 132 Å². The van der Waals surface area contributed by atoms with E-state index in [9.17, 15) is 4.79 Å². The summed E-state index contributed by atoms with van der Waals surface area (Å²) >= 11 is 0. The number of hydrogen-bond acceptors (Lipinski definition) is 4. The Morgan fingerprint density at radius 3 is 2.82 bits per heavy atom. The zero-order valence-corrected chi connectivity index (χ0v) is 13.4. The van der Waals surface area contributed by atoms with Crippen molar-refractivity contribution in [3.8, 4) is 5.75 Å². The second-order valence-electron chi connectivity index (χ2n) is 5.77. The van der Waals surface area contributed by atoms with Crippen LogP contribution in [0.5, 0.6) is 5.75 Å². The highest BCUT2D eigenvalue weighted by atomic mass is 16.5. The molecule has 122 valence electrons. The molecule has 0 unspecified atom stereocenters. The highest BCUT2D eigenvalue weighted by Crippen LogP contribution is 2.15. The van der Waals surface area contributed by atoms with Gasteiger partial charge in [-0.2, -0.15) is 0 Å².